The van der Waals surface area contributed by atoms with Gasteiger partial charge >= 0.3 is 0 Å². The number of aliphatic hydroxyl groups is 1. The molecule has 0 aliphatic carbocycles. The van der Waals surface area contributed by atoms with Crippen molar-refractivity contribution in [1.82, 2.24) is 24.5 Å². The number of nitrogens with zero attached hydrogens (tertiary/aromatic N) is 5. The maximum Gasteiger partial charge on any atom is 0.138 e. The lowest BCUT2D eigenvalue weighted by Gasteiger charge is -2.14. The zero-order chi connectivity index (χ0) is 13.8. The quantitative estimate of drug-likeness (QED) is 0.862. The summed E-state index contributed by atoms with van der Waals surface area (Å²) in [5, 5.41) is 18.8. The molecule has 2 rings (SSSR count). The molecule has 0 aliphatic rings. The molecule has 0 aromatic carbocycles. The smallest absolute Gasteiger partial charge is 0.138 e. The first-order chi connectivity index (χ1) is 9.13. The van der Waals surface area contributed by atoms with E-state index in [0.29, 0.717) is 6.42 Å². The molecule has 0 amide bonds. The molecule has 0 radical (unpaired) electrons. The average Bonchev–Trinajstić information content (AvgIpc) is 2.98. The van der Waals surface area contributed by atoms with Crippen molar-refractivity contribution >= 4 is 0 Å². The highest BCUT2D eigenvalue weighted by Gasteiger charge is 2.17. The lowest BCUT2D eigenvalue weighted by Crippen LogP contribution is -2.15. The molecule has 1 unspecified atom stereocenters. The van der Waals surface area contributed by atoms with E-state index < -0.39 is 6.10 Å². The molecule has 0 spiro atoms. The standard InChI is InChI=1S/C13H21N5O/c1-4-7-17-11(5-6-15-17)12(19)8-13-14-9-16-18(13)10(2)3/h5-6,9-10,12,19H,4,7-8H2,1-3H3. The van der Waals surface area contributed by atoms with Gasteiger partial charge in [-0.3, -0.25) is 4.68 Å². The van der Waals surface area contributed by atoms with Crippen LogP contribution in [-0.2, 0) is 13.0 Å². The molecule has 6 nitrogen and oxygen atoms in total. The molecule has 1 N–H and O–H groups in total. The Morgan fingerprint density at radius 3 is 2.79 bits per heavy atom. The van der Waals surface area contributed by atoms with Gasteiger partial charge in [0.1, 0.15) is 18.3 Å². The monoisotopic (exact) mass is 263 g/mol. The van der Waals surface area contributed by atoms with Crippen molar-refractivity contribution in [1.29, 1.82) is 0 Å². The molecule has 1 atom stereocenters. The van der Waals surface area contributed by atoms with E-state index in [4.69, 9.17) is 0 Å². The van der Waals surface area contributed by atoms with Gasteiger partial charge in [0.05, 0.1) is 5.69 Å². The van der Waals surface area contributed by atoms with E-state index in [1.165, 1.54) is 6.33 Å². The summed E-state index contributed by atoms with van der Waals surface area (Å²) in [6, 6.07) is 2.10. The van der Waals surface area contributed by atoms with Crippen LogP contribution in [0.1, 0.15) is 50.9 Å². The van der Waals surface area contributed by atoms with Crippen molar-refractivity contribution in [3.63, 3.8) is 0 Å². The summed E-state index contributed by atoms with van der Waals surface area (Å²) in [5.74, 6) is 0.798. The molecule has 104 valence electrons. The molecule has 0 fully saturated rings. The van der Waals surface area contributed by atoms with Crippen LogP contribution >= 0.6 is 0 Å². The van der Waals surface area contributed by atoms with Gasteiger partial charge in [-0.1, -0.05) is 6.92 Å². The van der Waals surface area contributed by atoms with E-state index in [1.54, 1.807) is 6.20 Å². The minimum Gasteiger partial charge on any atom is -0.386 e. The minimum absolute atomic E-state index is 0.241. The van der Waals surface area contributed by atoms with Gasteiger partial charge in [0.2, 0.25) is 0 Å². The third kappa shape index (κ3) is 3.01. The van der Waals surface area contributed by atoms with Gasteiger partial charge in [0.15, 0.2) is 0 Å². The number of aliphatic hydroxyl groups excluding tert-OH is 1. The van der Waals surface area contributed by atoms with Crippen LogP contribution in [0.25, 0.3) is 0 Å². The molecule has 19 heavy (non-hydrogen) atoms. The molecule has 2 heterocycles. The summed E-state index contributed by atoms with van der Waals surface area (Å²) in [6.45, 7) is 7.00. The van der Waals surface area contributed by atoms with Crippen molar-refractivity contribution in [3.05, 3.63) is 30.1 Å². The Morgan fingerprint density at radius 2 is 2.11 bits per heavy atom. The summed E-state index contributed by atoms with van der Waals surface area (Å²) in [5.41, 5.74) is 0.833. The van der Waals surface area contributed by atoms with E-state index in [2.05, 4.69) is 22.1 Å². The Kier molecular flexibility index (Phi) is 4.31. The van der Waals surface area contributed by atoms with Crippen LogP contribution in [0.5, 0.6) is 0 Å². The highest BCUT2D eigenvalue weighted by Crippen LogP contribution is 2.18. The van der Waals surface area contributed by atoms with Gasteiger partial charge in [-0.15, -0.1) is 0 Å². The topological polar surface area (TPSA) is 68.8 Å². The van der Waals surface area contributed by atoms with Gasteiger partial charge in [-0.25, -0.2) is 9.67 Å². The number of aryl methyl sites for hydroxylation is 1. The Balaban J connectivity index is 2.14. The second kappa shape index (κ2) is 5.97. The number of hydrogen-bond acceptors (Lipinski definition) is 4. The molecule has 0 aliphatic heterocycles. The maximum absolute atomic E-state index is 10.4. The maximum atomic E-state index is 10.4. The van der Waals surface area contributed by atoms with Crippen molar-refractivity contribution < 1.29 is 5.11 Å². The molecular formula is C13H21N5O. The van der Waals surface area contributed by atoms with Gasteiger partial charge in [0.25, 0.3) is 0 Å². The van der Waals surface area contributed by atoms with Gasteiger partial charge < -0.3 is 5.11 Å². The third-order valence-electron chi connectivity index (χ3n) is 3.04. The predicted octanol–water partition coefficient (Wildman–Crippen LogP) is 1.74. The zero-order valence-electron chi connectivity index (χ0n) is 11.7. The summed E-state index contributed by atoms with van der Waals surface area (Å²) in [7, 11) is 0. The second-order valence-corrected chi connectivity index (χ2v) is 4.91. The summed E-state index contributed by atoms with van der Waals surface area (Å²) >= 11 is 0. The molecular weight excluding hydrogens is 242 g/mol. The normalized spacial score (nSPS) is 13.1. The molecule has 2 aromatic heterocycles. The second-order valence-electron chi connectivity index (χ2n) is 4.91. The lowest BCUT2D eigenvalue weighted by molar-refractivity contribution is 0.162. The van der Waals surface area contributed by atoms with E-state index >= 15 is 0 Å². The van der Waals surface area contributed by atoms with Crippen LogP contribution in [0.4, 0.5) is 0 Å². The third-order valence-corrected chi connectivity index (χ3v) is 3.04. The summed E-state index contributed by atoms with van der Waals surface area (Å²) in [4.78, 5) is 4.23. The first-order valence-electron chi connectivity index (χ1n) is 6.71. The highest BCUT2D eigenvalue weighted by atomic mass is 16.3. The minimum atomic E-state index is -0.601. The fourth-order valence-electron chi connectivity index (χ4n) is 2.15. The summed E-state index contributed by atoms with van der Waals surface area (Å²) < 4.78 is 3.69. The Bertz CT molecular complexity index is 517. The van der Waals surface area contributed by atoms with Crippen LogP contribution in [0.2, 0.25) is 0 Å². The van der Waals surface area contributed by atoms with E-state index in [1.807, 2.05) is 29.3 Å². The van der Waals surface area contributed by atoms with Crippen molar-refractivity contribution in [2.75, 3.05) is 0 Å². The number of rotatable bonds is 6. The Labute approximate surface area is 113 Å². The largest absolute Gasteiger partial charge is 0.386 e. The Morgan fingerprint density at radius 1 is 1.32 bits per heavy atom. The van der Waals surface area contributed by atoms with Crippen LogP contribution in [0, 0.1) is 0 Å². The fourth-order valence-corrected chi connectivity index (χ4v) is 2.15. The fraction of sp³-hybridized carbons (Fsp3) is 0.615. The van der Waals surface area contributed by atoms with Crippen molar-refractivity contribution in [3.8, 4) is 0 Å². The summed E-state index contributed by atoms with van der Waals surface area (Å²) in [6.07, 6.45) is 4.10. The van der Waals surface area contributed by atoms with Gasteiger partial charge in [-0.2, -0.15) is 10.2 Å². The van der Waals surface area contributed by atoms with Gasteiger partial charge in [0, 0.05) is 25.2 Å². The van der Waals surface area contributed by atoms with Crippen molar-refractivity contribution in [2.24, 2.45) is 0 Å². The van der Waals surface area contributed by atoms with Crippen LogP contribution in [-0.4, -0.2) is 29.7 Å². The average molecular weight is 263 g/mol. The lowest BCUT2D eigenvalue weighted by atomic mass is 10.1. The molecule has 0 saturated heterocycles. The van der Waals surface area contributed by atoms with Crippen molar-refractivity contribution in [2.45, 2.75) is 52.3 Å². The van der Waals surface area contributed by atoms with E-state index in [-0.39, 0.29) is 6.04 Å². The van der Waals surface area contributed by atoms with Crippen LogP contribution in [0.3, 0.4) is 0 Å². The molecule has 0 saturated carbocycles. The molecule has 6 heteroatoms. The first kappa shape index (κ1) is 13.7. The molecule has 0 bridgehead atoms. The number of aromatic nitrogens is 5. The predicted molar refractivity (Wildman–Crippen MR) is 71.6 cm³/mol. The van der Waals surface area contributed by atoms with Gasteiger partial charge in [-0.05, 0) is 26.3 Å². The first-order valence-corrected chi connectivity index (χ1v) is 6.71. The van der Waals surface area contributed by atoms with Crippen LogP contribution < -0.4 is 0 Å². The highest BCUT2D eigenvalue weighted by molar-refractivity contribution is 5.07. The SMILES string of the molecule is CCCn1nccc1C(O)Cc1ncnn1C(C)C. The number of hydrogen-bond donors (Lipinski definition) is 1. The zero-order valence-corrected chi connectivity index (χ0v) is 11.7. The molecule has 2 aromatic rings. The van der Waals surface area contributed by atoms with Crippen LogP contribution in [0.15, 0.2) is 18.6 Å². The Hall–Kier alpha value is -1.69. The van der Waals surface area contributed by atoms with E-state index in [0.717, 1.165) is 24.5 Å². The van der Waals surface area contributed by atoms with E-state index in [9.17, 15) is 5.11 Å².